The van der Waals surface area contributed by atoms with Gasteiger partial charge in [-0.3, -0.25) is 4.79 Å². The monoisotopic (exact) mass is 258 g/mol. The van der Waals surface area contributed by atoms with Gasteiger partial charge in [0.25, 0.3) is 5.91 Å². The summed E-state index contributed by atoms with van der Waals surface area (Å²) >= 11 is 3.17. The molecule has 1 heterocycles. The molecule has 0 unspecified atom stereocenters. The van der Waals surface area contributed by atoms with E-state index < -0.39 is 0 Å². The number of carbonyl (C=O) groups is 1. The van der Waals surface area contributed by atoms with Gasteiger partial charge in [-0.1, -0.05) is 6.07 Å². The standard InChI is InChI=1S/C9H11BrN2O2/c1-6(5-13)11-9(14)7-3-2-4-8(10)12-7/h2-4,6,13H,5H2,1H3,(H,11,14)/t6-/m0/s1. The predicted octanol–water partition coefficient (Wildman–Crippen LogP) is 0.955. The third-order valence-corrected chi connectivity index (χ3v) is 2.04. The van der Waals surface area contributed by atoms with Crippen molar-refractivity contribution >= 4 is 21.8 Å². The van der Waals surface area contributed by atoms with Crippen LogP contribution in [-0.4, -0.2) is 28.6 Å². The van der Waals surface area contributed by atoms with Crippen LogP contribution in [0.3, 0.4) is 0 Å². The Balaban J connectivity index is 2.70. The fourth-order valence-electron chi connectivity index (χ4n) is 0.878. The maximum atomic E-state index is 11.5. The number of nitrogens with one attached hydrogen (secondary N) is 1. The fourth-order valence-corrected chi connectivity index (χ4v) is 1.22. The minimum absolute atomic E-state index is 0.0836. The number of hydrogen-bond acceptors (Lipinski definition) is 3. The number of aliphatic hydroxyl groups excluding tert-OH is 1. The summed E-state index contributed by atoms with van der Waals surface area (Å²) in [6.45, 7) is 1.63. The zero-order chi connectivity index (χ0) is 10.6. The molecular weight excluding hydrogens is 248 g/mol. The van der Waals surface area contributed by atoms with Crippen LogP contribution < -0.4 is 5.32 Å². The van der Waals surface area contributed by atoms with E-state index in [0.29, 0.717) is 10.3 Å². The Morgan fingerprint density at radius 3 is 3.00 bits per heavy atom. The first-order valence-corrected chi connectivity index (χ1v) is 4.97. The highest BCUT2D eigenvalue weighted by atomic mass is 79.9. The summed E-state index contributed by atoms with van der Waals surface area (Å²) < 4.78 is 0.613. The number of rotatable bonds is 3. The van der Waals surface area contributed by atoms with Crippen LogP contribution in [0.1, 0.15) is 17.4 Å². The molecule has 1 aromatic heterocycles. The van der Waals surface area contributed by atoms with Gasteiger partial charge in [0.15, 0.2) is 0 Å². The van der Waals surface area contributed by atoms with Crippen molar-refractivity contribution in [2.75, 3.05) is 6.61 Å². The van der Waals surface area contributed by atoms with Crippen LogP contribution in [-0.2, 0) is 0 Å². The Morgan fingerprint density at radius 1 is 1.71 bits per heavy atom. The van der Waals surface area contributed by atoms with Crippen molar-refractivity contribution in [1.29, 1.82) is 0 Å². The van der Waals surface area contributed by atoms with Crippen LogP contribution in [0.15, 0.2) is 22.8 Å². The van der Waals surface area contributed by atoms with Crippen molar-refractivity contribution < 1.29 is 9.90 Å². The predicted molar refractivity (Wildman–Crippen MR) is 56.0 cm³/mol. The first-order chi connectivity index (χ1) is 6.63. The number of aliphatic hydroxyl groups is 1. The molecule has 0 aliphatic rings. The Morgan fingerprint density at radius 2 is 2.43 bits per heavy atom. The van der Waals surface area contributed by atoms with E-state index in [0.717, 1.165) is 0 Å². The Bertz CT molecular complexity index is 330. The van der Waals surface area contributed by atoms with Gasteiger partial charge in [0.05, 0.1) is 6.61 Å². The molecule has 0 radical (unpaired) electrons. The molecule has 76 valence electrons. The topological polar surface area (TPSA) is 62.2 Å². The van der Waals surface area contributed by atoms with Gasteiger partial charge in [0, 0.05) is 6.04 Å². The van der Waals surface area contributed by atoms with Crippen LogP contribution in [0.4, 0.5) is 0 Å². The van der Waals surface area contributed by atoms with Gasteiger partial charge in [0.1, 0.15) is 10.3 Å². The molecule has 0 fully saturated rings. The Kier molecular flexibility index (Phi) is 4.03. The third kappa shape index (κ3) is 3.08. The number of halogens is 1. The molecule has 0 saturated carbocycles. The van der Waals surface area contributed by atoms with Gasteiger partial charge in [-0.05, 0) is 35.0 Å². The number of aromatic nitrogens is 1. The smallest absolute Gasteiger partial charge is 0.270 e. The van der Waals surface area contributed by atoms with Crippen LogP contribution in [0.5, 0.6) is 0 Å². The van der Waals surface area contributed by atoms with Crippen molar-refractivity contribution in [3.05, 3.63) is 28.5 Å². The van der Waals surface area contributed by atoms with E-state index in [9.17, 15) is 4.79 Å². The molecule has 14 heavy (non-hydrogen) atoms. The summed E-state index contributed by atoms with van der Waals surface area (Å²) in [5, 5.41) is 11.3. The lowest BCUT2D eigenvalue weighted by molar-refractivity contribution is 0.0917. The van der Waals surface area contributed by atoms with Gasteiger partial charge >= 0.3 is 0 Å². The number of carbonyl (C=O) groups excluding carboxylic acids is 1. The molecule has 0 aliphatic heterocycles. The van der Waals surface area contributed by atoms with Gasteiger partial charge < -0.3 is 10.4 Å². The summed E-state index contributed by atoms with van der Waals surface area (Å²) in [6, 6.07) is 4.83. The Hall–Kier alpha value is -0.940. The quantitative estimate of drug-likeness (QED) is 0.794. The summed E-state index contributed by atoms with van der Waals surface area (Å²) in [5.74, 6) is -0.284. The van der Waals surface area contributed by atoms with E-state index in [4.69, 9.17) is 5.11 Å². The summed E-state index contributed by atoms with van der Waals surface area (Å²) in [5.41, 5.74) is 0.333. The van der Waals surface area contributed by atoms with Gasteiger partial charge in [-0.15, -0.1) is 0 Å². The highest BCUT2D eigenvalue weighted by molar-refractivity contribution is 9.10. The van der Waals surface area contributed by atoms with E-state index >= 15 is 0 Å². The normalized spacial score (nSPS) is 12.2. The van der Waals surface area contributed by atoms with Crippen LogP contribution >= 0.6 is 15.9 Å². The molecule has 0 spiro atoms. The average Bonchev–Trinajstić information content (AvgIpc) is 2.17. The second-order valence-corrected chi connectivity index (χ2v) is 3.72. The van der Waals surface area contributed by atoms with E-state index in [1.807, 2.05) is 0 Å². The van der Waals surface area contributed by atoms with E-state index in [-0.39, 0.29) is 18.6 Å². The average molecular weight is 259 g/mol. The molecule has 4 nitrogen and oxygen atoms in total. The lowest BCUT2D eigenvalue weighted by Gasteiger charge is -2.09. The molecule has 1 rings (SSSR count). The second kappa shape index (κ2) is 5.07. The maximum absolute atomic E-state index is 11.5. The minimum Gasteiger partial charge on any atom is -0.394 e. The van der Waals surface area contributed by atoms with E-state index in [2.05, 4.69) is 26.2 Å². The fraction of sp³-hybridized carbons (Fsp3) is 0.333. The van der Waals surface area contributed by atoms with Crippen LogP contribution in [0.25, 0.3) is 0 Å². The largest absolute Gasteiger partial charge is 0.394 e. The Labute approximate surface area is 90.5 Å². The van der Waals surface area contributed by atoms with E-state index in [1.165, 1.54) is 0 Å². The van der Waals surface area contributed by atoms with Gasteiger partial charge in [-0.25, -0.2) is 4.98 Å². The van der Waals surface area contributed by atoms with Gasteiger partial charge in [0.2, 0.25) is 0 Å². The first-order valence-electron chi connectivity index (χ1n) is 4.17. The zero-order valence-electron chi connectivity index (χ0n) is 7.70. The number of pyridine rings is 1. The maximum Gasteiger partial charge on any atom is 0.270 e. The van der Waals surface area contributed by atoms with Crippen molar-refractivity contribution in [2.24, 2.45) is 0 Å². The molecule has 0 bridgehead atoms. The number of amides is 1. The minimum atomic E-state index is -0.284. The molecule has 1 amide bonds. The van der Waals surface area contributed by atoms with Gasteiger partial charge in [-0.2, -0.15) is 0 Å². The molecule has 0 saturated heterocycles. The van der Waals surface area contributed by atoms with Crippen molar-refractivity contribution in [1.82, 2.24) is 10.3 Å². The van der Waals surface area contributed by atoms with Crippen LogP contribution in [0, 0.1) is 0 Å². The molecule has 1 atom stereocenters. The molecule has 2 N–H and O–H groups in total. The summed E-state index contributed by atoms with van der Waals surface area (Å²) in [6.07, 6.45) is 0. The third-order valence-electron chi connectivity index (χ3n) is 1.60. The molecule has 5 heteroatoms. The zero-order valence-corrected chi connectivity index (χ0v) is 9.28. The number of hydrogen-bond donors (Lipinski definition) is 2. The molecule has 1 aromatic rings. The summed E-state index contributed by atoms with van der Waals surface area (Å²) in [7, 11) is 0. The lowest BCUT2D eigenvalue weighted by Crippen LogP contribution is -2.35. The lowest BCUT2D eigenvalue weighted by atomic mass is 10.3. The molecule has 0 aromatic carbocycles. The highest BCUT2D eigenvalue weighted by Crippen LogP contribution is 2.06. The van der Waals surface area contributed by atoms with E-state index in [1.54, 1.807) is 25.1 Å². The number of nitrogens with zero attached hydrogens (tertiary/aromatic N) is 1. The van der Waals surface area contributed by atoms with Crippen molar-refractivity contribution in [3.63, 3.8) is 0 Å². The van der Waals surface area contributed by atoms with Crippen LogP contribution in [0.2, 0.25) is 0 Å². The highest BCUT2D eigenvalue weighted by Gasteiger charge is 2.09. The van der Waals surface area contributed by atoms with Crippen molar-refractivity contribution in [2.45, 2.75) is 13.0 Å². The molecule has 0 aliphatic carbocycles. The van der Waals surface area contributed by atoms with Crippen molar-refractivity contribution in [3.8, 4) is 0 Å². The molecular formula is C9H11BrN2O2. The second-order valence-electron chi connectivity index (χ2n) is 2.90. The first kappa shape index (κ1) is 11.1. The summed E-state index contributed by atoms with van der Waals surface area (Å²) in [4.78, 5) is 15.4. The SMILES string of the molecule is C[C@@H](CO)NC(=O)c1cccc(Br)n1.